The minimum Gasteiger partial charge on any atom is -0.0622 e. The van der Waals surface area contributed by atoms with Crippen molar-refractivity contribution in [2.75, 3.05) is 0 Å². The lowest BCUT2D eigenvalue weighted by Gasteiger charge is -2.15. The Morgan fingerprint density at radius 3 is 2.19 bits per heavy atom. The molecule has 0 aliphatic heterocycles. The van der Waals surface area contributed by atoms with Crippen LogP contribution in [0, 0.1) is 13.8 Å². The van der Waals surface area contributed by atoms with Crippen LogP contribution >= 0.6 is 0 Å². The van der Waals surface area contributed by atoms with Crippen molar-refractivity contribution in [2.45, 2.75) is 26.7 Å². The van der Waals surface area contributed by atoms with Gasteiger partial charge in [0, 0.05) is 5.92 Å². The maximum Gasteiger partial charge on any atom is 0.00636 e. The van der Waals surface area contributed by atoms with Crippen LogP contribution in [0.15, 0.2) is 48.5 Å². The first-order valence-electron chi connectivity index (χ1n) is 5.80. The number of benzene rings is 2. The Morgan fingerprint density at radius 1 is 0.875 bits per heavy atom. The second-order valence-electron chi connectivity index (χ2n) is 4.49. The Balaban J connectivity index is 2.38. The number of aryl methyl sites for hydroxylation is 2. The van der Waals surface area contributed by atoms with Crippen molar-refractivity contribution in [2.24, 2.45) is 0 Å². The third-order valence-electron chi connectivity index (χ3n) is 3.19. The molecule has 0 aromatic heterocycles. The SMILES string of the molecule is Cc1ccc(C(C)c2ccccc2)c(C)c1. The second kappa shape index (κ2) is 4.52. The molecule has 0 heteroatoms. The van der Waals surface area contributed by atoms with Crippen LogP contribution in [0.25, 0.3) is 0 Å². The van der Waals surface area contributed by atoms with Crippen LogP contribution in [-0.4, -0.2) is 0 Å². The van der Waals surface area contributed by atoms with Crippen LogP contribution < -0.4 is 0 Å². The van der Waals surface area contributed by atoms with Gasteiger partial charge in [0.15, 0.2) is 0 Å². The molecule has 2 rings (SSSR count). The molecule has 2 aromatic rings. The number of hydrogen-bond acceptors (Lipinski definition) is 0. The Morgan fingerprint density at radius 2 is 1.56 bits per heavy atom. The van der Waals surface area contributed by atoms with Crippen LogP contribution in [-0.2, 0) is 0 Å². The van der Waals surface area contributed by atoms with E-state index in [2.05, 4.69) is 69.3 Å². The smallest absolute Gasteiger partial charge is 0.00636 e. The number of rotatable bonds is 2. The summed E-state index contributed by atoms with van der Waals surface area (Å²) in [5.74, 6) is 0.474. The zero-order valence-electron chi connectivity index (χ0n) is 10.2. The molecular weight excluding hydrogens is 192 g/mol. The van der Waals surface area contributed by atoms with Gasteiger partial charge in [-0.15, -0.1) is 0 Å². The van der Waals surface area contributed by atoms with E-state index >= 15 is 0 Å². The van der Waals surface area contributed by atoms with E-state index in [1.807, 2.05) is 0 Å². The van der Waals surface area contributed by atoms with Gasteiger partial charge >= 0.3 is 0 Å². The molecule has 0 heterocycles. The summed E-state index contributed by atoms with van der Waals surface area (Å²) in [5.41, 5.74) is 5.53. The predicted octanol–water partition coefficient (Wildman–Crippen LogP) is 4.46. The van der Waals surface area contributed by atoms with Crippen molar-refractivity contribution < 1.29 is 0 Å². The van der Waals surface area contributed by atoms with Crippen molar-refractivity contribution in [1.29, 1.82) is 0 Å². The monoisotopic (exact) mass is 210 g/mol. The highest BCUT2D eigenvalue weighted by atomic mass is 14.1. The van der Waals surface area contributed by atoms with Crippen molar-refractivity contribution in [3.05, 3.63) is 70.8 Å². The fraction of sp³-hybridized carbons (Fsp3) is 0.250. The molecule has 0 saturated carbocycles. The summed E-state index contributed by atoms with van der Waals surface area (Å²) < 4.78 is 0. The van der Waals surface area contributed by atoms with Crippen LogP contribution in [0.1, 0.15) is 35.1 Å². The normalized spacial score (nSPS) is 12.4. The molecule has 1 atom stereocenters. The maximum absolute atomic E-state index is 2.27. The van der Waals surface area contributed by atoms with Crippen LogP contribution in [0.3, 0.4) is 0 Å². The summed E-state index contributed by atoms with van der Waals surface area (Å²) >= 11 is 0. The first kappa shape index (κ1) is 10.9. The molecule has 16 heavy (non-hydrogen) atoms. The highest BCUT2D eigenvalue weighted by molar-refractivity contribution is 5.38. The van der Waals surface area contributed by atoms with Gasteiger partial charge in [0.1, 0.15) is 0 Å². The Bertz CT molecular complexity index is 469. The van der Waals surface area contributed by atoms with E-state index < -0.39 is 0 Å². The van der Waals surface area contributed by atoms with Crippen molar-refractivity contribution in [3.63, 3.8) is 0 Å². The van der Waals surface area contributed by atoms with Crippen molar-refractivity contribution in [1.82, 2.24) is 0 Å². The molecule has 0 fully saturated rings. The molecular formula is C16H18. The van der Waals surface area contributed by atoms with Crippen molar-refractivity contribution >= 4 is 0 Å². The fourth-order valence-electron chi connectivity index (χ4n) is 2.23. The summed E-state index contributed by atoms with van der Waals surface area (Å²) in [6.07, 6.45) is 0. The highest BCUT2D eigenvalue weighted by Crippen LogP contribution is 2.26. The largest absolute Gasteiger partial charge is 0.0622 e. The minimum atomic E-state index is 0.474. The predicted molar refractivity (Wildman–Crippen MR) is 69.9 cm³/mol. The van der Waals surface area contributed by atoms with Crippen LogP contribution in [0.2, 0.25) is 0 Å². The van der Waals surface area contributed by atoms with Gasteiger partial charge in [-0.1, -0.05) is 61.0 Å². The second-order valence-corrected chi connectivity index (χ2v) is 4.49. The van der Waals surface area contributed by atoms with Gasteiger partial charge in [-0.2, -0.15) is 0 Å². The molecule has 2 aromatic carbocycles. The summed E-state index contributed by atoms with van der Waals surface area (Å²) in [6.45, 7) is 6.61. The molecule has 0 radical (unpaired) electrons. The first-order chi connectivity index (χ1) is 7.68. The first-order valence-corrected chi connectivity index (χ1v) is 5.80. The van der Waals surface area contributed by atoms with Gasteiger partial charge in [0.05, 0.1) is 0 Å². The lowest BCUT2D eigenvalue weighted by atomic mass is 9.89. The summed E-state index contributed by atoms with van der Waals surface area (Å²) in [7, 11) is 0. The topological polar surface area (TPSA) is 0 Å². The van der Waals surface area contributed by atoms with E-state index in [9.17, 15) is 0 Å². The molecule has 0 amide bonds. The molecule has 0 bridgehead atoms. The molecule has 82 valence electrons. The van der Waals surface area contributed by atoms with Gasteiger partial charge in [-0.25, -0.2) is 0 Å². The Labute approximate surface area is 97.9 Å². The molecule has 0 aliphatic rings. The molecule has 1 unspecified atom stereocenters. The highest BCUT2D eigenvalue weighted by Gasteiger charge is 2.09. The van der Waals surface area contributed by atoms with E-state index in [-0.39, 0.29) is 0 Å². The lowest BCUT2D eigenvalue weighted by molar-refractivity contribution is 0.909. The van der Waals surface area contributed by atoms with Gasteiger partial charge in [-0.05, 0) is 30.5 Å². The molecule has 0 spiro atoms. The molecule has 0 N–H and O–H groups in total. The standard InChI is InChI=1S/C16H18/c1-12-9-10-16(13(2)11-12)14(3)15-7-5-4-6-8-15/h4-11,14H,1-3H3. The van der Waals surface area contributed by atoms with Gasteiger partial charge in [0.25, 0.3) is 0 Å². The van der Waals surface area contributed by atoms with Crippen LogP contribution in [0.4, 0.5) is 0 Å². The lowest BCUT2D eigenvalue weighted by Crippen LogP contribution is -1.98. The summed E-state index contributed by atoms with van der Waals surface area (Å²) in [6, 6.07) is 17.4. The average Bonchev–Trinajstić information content (AvgIpc) is 2.29. The van der Waals surface area contributed by atoms with Gasteiger partial charge in [-0.3, -0.25) is 0 Å². The third kappa shape index (κ3) is 2.16. The number of hydrogen-bond donors (Lipinski definition) is 0. The maximum atomic E-state index is 2.27. The van der Waals surface area contributed by atoms with Gasteiger partial charge < -0.3 is 0 Å². The Hall–Kier alpha value is -1.56. The molecule has 0 nitrogen and oxygen atoms in total. The molecule has 0 aliphatic carbocycles. The van der Waals surface area contributed by atoms with Gasteiger partial charge in [0.2, 0.25) is 0 Å². The zero-order chi connectivity index (χ0) is 11.5. The van der Waals surface area contributed by atoms with Crippen molar-refractivity contribution in [3.8, 4) is 0 Å². The van der Waals surface area contributed by atoms with E-state index in [1.54, 1.807) is 0 Å². The van der Waals surface area contributed by atoms with E-state index in [0.29, 0.717) is 5.92 Å². The summed E-state index contributed by atoms with van der Waals surface area (Å²) in [5, 5.41) is 0. The summed E-state index contributed by atoms with van der Waals surface area (Å²) in [4.78, 5) is 0. The fourth-order valence-corrected chi connectivity index (χ4v) is 2.23. The van der Waals surface area contributed by atoms with E-state index in [1.165, 1.54) is 22.3 Å². The third-order valence-corrected chi connectivity index (χ3v) is 3.19. The molecule has 0 saturated heterocycles. The average molecular weight is 210 g/mol. The Kier molecular flexibility index (Phi) is 3.09. The van der Waals surface area contributed by atoms with E-state index in [4.69, 9.17) is 0 Å². The van der Waals surface area contributed by atoms with E-state index in [0.717, 1.165) is 0 Å². The van der Waals surface area contributed by atoms with Crippen LogP contribution in [0.5, 0.6) is 0 Å². The minimum absolute atomic E-state index is 0.474. The quantitative estimate of drug-likeness (QED) is 0.686. The zero-order valence-corrected chi connectivity index (χ0v) is 10.2.